The van der Waals surface area contributed by atoms with Crippen molar-refractivity contribution in [3.8, 4) is 0 Å². The minimum Gasteiger partial charge on any atom is -0.324 e. The fraction of sp³-hybridized carbons (Fsp3) is 0.533. The first-order chi connectivity index (χ1) is 8.76. The Hall–Kier alpha value is -1.02. The van der Waals surface area contributed by atoms with Crippen molar-refractivity contribution in [2.24, 2.45) is 5.92 Å². The molecule has 3 rings (SSSR count). The van der Waals surface area contributed by atoms with E-state index in [9.17, 15) is 0 Å². The Morgan fingerprint density at radius 3 is 3.00 bits per heavy atom. The molecule has 0 saturated heterocycles. The minimum absolute atomic E-state index is 0.503. The maximum absolute atomic E-state index is 6.07. The van der Waals surface area contributed by atoms with Gasteiger partial charge in [0.15, 0.2) is 0 Å². The van der Waals surface area contributed by atoms with E-state index in [4.69, 9.17) is 16.6 Å². The highest BCUT2D eigenvalue weighted by molar-refractivity contribution is 6.16. The van der Waals surface area contributed by atoms with Crippen LogP contribution >= 0.6 is 11.6 Å². The van der Waals surface area contributed by atoms with Gasteiger partial charge in [0, 0.05) is 6.04 Å². The molecular weight excluding hydrogens is 244 g/mol. The number of benzene rings is 1. The maximum atomic E-state index is 6.07. The van der Waals surface area contributed by atoms with Gasteiger partial charge in [-0.05, 0) is 37.3 Å². The van der Waals surface area contributed by atoms with Crippen LogP contribution in [0.2, 0.25) is 0 Å². The number of imidazole rings is 1. The standard InChI is InChI=1S/C15H19ClN2/c1-3-5-11-8-13(11)18-12-7-4-6-10(2)15(12)17-14(18)9-16/h4,6-7,11,13H,3,5,8-9H2,1-2H3. The molecule has 1 aliphatic carbocycles. The van der Waals surface area contributed by atoms with Crippen LogP contribution in [0.4, 0.5) is 0 Å². The van der Waals surface area contributed by atoms with Crippen LogP contribution < -0.4 is 0 Å². The molecule has 1 aliphatic rings. The van der Waals surface area contributed by atoms with Crippen molar-refractivity contribution in [1.82, 2.24) is 9.55 Å². The van der Waals surface area contributed by atoms with E-state index < -0.39 is 0 Å². The summed E-state index contributed by atoms with van der Waals surface area (Å²) in [6.45, 7) is 4.38. The van der Waals surface area contributed by atoms with Crippen molar-refractivity contribution >= 4 is 22.6 Å². The van der Waals surface area contributed by atoms with Crippen molar-refractivity contribution in [2.75, 3.05) is 0 Å². The summed E-state index contributed by atoms with van der Waals surface area (Å²) in [6.07, 6.45) is 3.87. The average Bonchev–Trinajstić information content (AvgIpc) is 3.01. The molecule has 0 spiro atoms. The second-order valence-electron chi connectivity index (χ2n) is 5.33. The predicted octanol–water partition coefficient (Wildman–Crippen LogP) is 4.44. The summed E-state index contributed by atoms with van der Waals surface area (Å²) in [4.78, 5) is 4.72. The largest absolute Gasteiger partial charge is 0.324 e. The van der Waals surface area contributed by atoms with E-state index in [-0.39, 0.29) is 0 Å². The summed E-state index contributed by atoms with van der Waals surface area (Å²) < 4.78 is 2.38. The lowest BCUT2D eigenvalue weighted by atomic mass is 10.2. The van der Waals surface area contributed by atoms with Crippen molar-refractivity contribution in [1.29, 1.82) is 0 Å². The molecule has 0 bridgehead atoms. The van der Waals surface area contributed by atoms with Gasteiger partial charge in [0.05, 0.1) is 16.9 Å². The van der Waals surface area contributed by atoms with Crippen molar-refractivity contribution in [3.63, 3.8) is 0 Å². The van der Waals surface area contributed by atoms with Gasteiger partial charge in [0.25, 0.3) is 0 Å². The summed E-state index contributed by atoms with van der Waals surface area (Å²) in [6, 6.07) is 7.04. The van der Waals surface area contributed by atoms with E-state index >= 15 is 0 Å². The number of hydrogen-bond acceptors (Lipinski definition) is 1. The predicted molar refractivity (Wildman–Crippen MR) is 76.1 cm³/mol. The third kappa shape index (κ3) is 1.83. The number of para-hydroxylation sites is 1. The van der Waals surface area contributed by atoms with Gasteiger partial charge >= 0.3 is 0 Å². The number of hydrogen-bond donors (Lipinski definition) is 0. The van der Waals surface area contributed by atoms with E-state index in [1.807, 2.05) is 0 Å². The Morgan fingerprint density at radius 2 is 2.28 bits per heavy atom. The van der Waals surface area contributed by atoms with E-state index in [1.54, 1.807) is 0 Å². The molecule has 2 nitrogen and oxygen atoms in total. The first-order valence-corrected chi connectivity index (χ1v) is 7.32. The molecule has 18 heavy (non-hydrogen) atoms. The molecule has 2 atom stereocenters. The fourth-order valence-electron chi connectivity index (χ4n) is 3.00. The van der Waals surface area contributed by atoms with Gasteiger partial charge in [0.1, 0.15) is 5.82 Å². The molecule has 1 saturated carbocycles. The van der Waals surface area contributed by atoms with Crippen molar-refractivity contribution in [2.45, 2.75) is 45.0 Å². The van der Waals surface area contributed by atoms with Crippen LogP contribution in [0, 0.1) is 12.8 Å². The third-order valence-corrected chi connectivity index (χ3v) is 4.23. The van der Waals surface area contributed by atoms with Gasteiger partial charge < -0.3 is 4.57 Å². The Bertz CT molecular complexity index is 573. The molecule has 1 aromatic carbocycles. The third-order valence-electron chi connectivity index (χ3n) is 3.99. The first-order valence-electron chi connectivity index (χ1n) is 6.78. The number of aryl methyl sites for hydroxylation is 1. The smallest absolute Gasteiger partial charge is 0.125 e. The second kappa shape index (κ2) is 4.58. The van der Waals surface area contributed by atoms with Crippen LogP contribution in [0.25, 0.3) is 11.0 Å². The average molecular weight is 263 g/mol. The molecule has 1 heterocycles. The normalized spacial score (nSPS) is 22.6. The van der Waals surface area contributed by atoms with Crippen LogP contribution in [0.15, 0.2) is 18.2 Å². The Kier molecular flexibility index (Phi) is 3.06. The number of aromatic nitrogens is 2. The number of nitrogens with zero attached hydrogens (tertiary/aromatic N) is 2. The molecule has 96 valence electrons. The number of fused-ring (bicyclic) bond motifs is 1. The zero-order valence-electron chi connectivity index (χ0n) is 11.0. The van der Waals surface area contributed by atoms with Gasteiger partial charge in [-0.25, -0.2) is 4.98 Å². The van der Waals surface area contributed by atoms with E-state index in [1.165, 1.54) is 30.3 Å². The van der Waals surface area contributed by atoms with Crippen LogP contribution in [-0.2, 0) is 5.88 Å². The van der Waals surface area contributed by atoms with Crippen LogP contribution in [-0.4, -0.2) is 9.55 Å². The van der Waals surface area contributed by atoms with Gasteiger partial charge in [-0.1, -0.05) is 25.5 Å². The second-order valence-corrected chi connectivity index (χ2v) is 5.59. The van der Waals surface area contributed by atoms with Crippen molar-refractivity contribution < 1.29 is 0 Å². The Morgan fingerprint density at radius 1 is 1.44 bits per heavy atom. The molecule has 0 aliphatic heterocycles. The minimum atomic E-state index is 0.503. The van der Waals surface area contributed by atoms with Gasteiger partial charge in [-0.2, -0.15) is 0 Å². The highest BCUT2D eigenvalue weighted by Gasteiger charge is 2.39. The topological polar surface area (TPSA) is 17.8 Å². The monoisotopic (exact) mass is 262 g/mol. The highest BCUT2D eigenvalue weighted by Crippen LogP contribution is 2.48. The lowest BCUT2D eigenvalue weighted by Gasteiger charge is -2.07. The summed E-state index contributed by atoms with van der Waals surface area (Å²) in [5, 5.41) is 0. The molecule has 1 aromatic heterocycles. The molecule has 2 aromatic rings. The fourth-order valence-corrected chi connectivity index (χ4v) is 3.19. The lowest BCUT2D eigenvalue weighted by Crippen LogP contribution is -2.01. The summed E-state index contributed by atoms with van der Waals surface area (Å²) in [7, 11) is 0. The molecule has 3 heteroatoms. The number of rotatable bonds is 4. The van der Waals surface area contributed by atoms with E-state index in [0.717, 1.165) is 17.3 Å². The maximum Gasteiger partial charge on any atom is 0.125 e. The van der Waals surface area contributed by atoms with Crippen LogP contribution in [0.3, 0.4) is 0 Å². The Labute approximate surface area is 113 Å². The number of alkyl halides is 1. The first kappa shape index (κ1) is 12.0. The summed E-state index contributed by atoms with van der Waals surface area (Å²) in [5.41, 5.74) is 3.62. The van der Waals surface area contributed by atoms with Gasteiger partial charge in [-0.15, -0.1) is 11.6 Å². The van der Waals surface area contributed by atoms with Crippen molar-refractivity contribution in [3.05, 3.63) is 29.6 Å². The van der Waals surface area contributed by atoms with Gasteiger partial charge in [0.2, 0.25) is 0 Å². The summed E-state index contributed by atoms with van der Waals surface area (Å²) in [5.74, 6) is 2.36. The molecular formula is C15H19ClN2. The lowest BCUT2D eigenvalue weighted by molar-refractivity contribution is 0.606. The van der Waals surface area contributed by atoms with Crippen LogP contribution in [0.1, 0.15) is 43.6 Å². The zero-order valence-corrected chi connectivity index (χ0v) is 11.7. The van der Waals surface area contributed by atoms with Gasteiger partial charge in [-0.3, -0.25) is 0 Å². The quantitative estimate of drug-likeness (QED) is 0.745. The highest BCUT2D eigenvalue weighted by atomic mass is 35.5. The molecule has 0 amide bonds. The SMILES string of the molecule is CCCC1CC1n1c(CCl)nc2c(C)cccc21. The Balaban J connectivity index is 2.07. The van der Waals surface area contributed by atoms with E-state index in [2.05, 4.69) is 36.6 Å². The molecule has 0 radical (unpaired) electrons. The summed E-state index contributed by atoms with van der Waals surface area (Å²) >= 11 is 6.07. The number of halogens is 1. The molecule has 2 unspecified atom stereocenters. The van der Waals surface area contributed by atoms with E-state index in [0.29, 0.717) is 11.9 Å². The molecule has 0 N–H and O–H groups in total. The molecule has 1 fully saturated rings. The zero-order chi connectivity index (χ0) is 12.7. The van der Waals surface area contributed by atoms with Crippen LogP contribution in [0.5, 0.6) is 0 Å².